The molecule has 0 N–H and O–H groups in total. The average Bonchev–Trinajstić information content (AvgIpc) is 1.45. The Balaban J connectivity index is 0.000000112. The van der Waals surface area contributed by atoms with E-state index in [4.69, 9.17) is 49.3 Å². The number of rotatable bonds is 10. The Morgan fingerprint density at radius 1 is 0.176 bits per heavy atom. The number of hydrogen-bond donors (Lipinski definition) is 0. The smallest absolute Gasteiger partial charge is 0.164 e. The second-order valence-corrected chi connectivity index (χ2v) is 44.3. The predicted octanol–water partition coefficient (Wildman–Crippen LogP) is 35.0. The van der Waals surface area contributed by atoms with Crippen LogP contribution in [0.2, 0.25) is 0 Å². The van der Waals surface area contributed by atoms with Crippen molar-refractivity contribution >= 4 is 116 Å². The Bertz CT molecular complexity index is 9100. The molecule has 0 spiro atoms. The van der Waals surface area contributed by atoms with Crippen molar-refractivity contribution in [3.05, 3.63) is 416 Å². The van der Waals surface area contributed by atoms with Gasteiger partial charge < -0.3 is 4.42 Å². The summed E-state index contributed by atoms with van der Waals surface area (Å²) < 4.78 is 14.1. The van der Waals surface area contributed by atoms with Gasteiger partial charge in [-0.25, -0.2) is 44.9 Å². The van der Waals surface area contributed by atoms with E-state index in [1.165, 1.54) is 138 Å². The van der Waals surface area contributed by atoms with E-state index >= 15 is 0 Å². The average molecular weight is 1890 g/mol. The van der Waals surface area contributed by atoms with Crippen LogP contribution in [-0.4, -0.2) is 44.9 Å². The molecule has 0 radical (unpaired) electrons. The minimum absolute atomic E-state index is 0.00376. The normalized spacial score (nSPS) is 14.7. The Morgan fingerprint density at radius 3 is 0.915 bits per heavy atom. The number of aromatic nitrogens is 9. The molecule has 13 heteroatoms. The molecule has 24 aromatic rings. The standard InChI is InChI=1S/C45H33N3OS.C45H35N3S.C39H31N3S/c1-44(2)34-18-10-8-15-28(34)31-24-33-32-23-27(21-22-38(32)50-39(33)25-35(31)45(44,3)4)42-46-41(26-13-6-5-7-14-26)47-43(48-42)30-17-12-20-37-40(30)29-16-9-11-19-36(29)49-37;1-44(2)37-18-12-11-17-33(37)34-24-25-35-36-27-32(23-26-38(36)49-40(35)39(34)45(44,3)4)28-19-21-31(22-20-28)43-47-41(29-13-7-5-8-14-29)46-42(48-43)30-15-9-6-10-16-30;1-38(2)31-18-12-11-17-27(31)28-22-30-29-21-26(19-20-33(29)43-34(30)23-32(28)39(38,3)4)37-41-35(24-13-7-5-8-14-24)40-36(42-37)25-15-9-6-10-16-25/h5-25H,1-4H3;5-27H,1-4H3;5-23H,1-4H3. The lowest BCUT2D eigenvalue weighted by Gasteiger charge is -2.48. The zero-order chi connectivity index (χ0) is 96.5. The molecule has 10 nitrogen and oxygen atoms in total. The topological polar surface area (TPSA) is 129 Å². The Kier molecular flexibility index (Phi) is 20.7. The molecule has 0 bridgehead atoms. The van der Waals surface area contributed by atoms with Crippen molar-refractivity contribution in [3.63, 3.8) is 0 Å². The molecular formula is C129H99N9OS3. The van der Waals surface area contributed by atoms with Gasteiger partial charge in [0.05, 0.1) is 0 Å². The Morgan fingerprint density at radius 2 is 0.479 bits per heavy atom. The van der Waals surface area contributed by atoms with Gasteiger partial charge in [0.25, 0.3) is 0 Å². The fraction of sp³-hybridized carbons (Fsp3) is 0.140. The highest BCUT2D eigenvalue weighted by atomic mass is 32.1. The van der Waals surface area contributed by atoms with Crippen LogP contribution in [0.25, 0.3) is 229 Å². The molecule has 0 saturated carbocycles. The maximum atomic E-state index is 6.24. The van der Waals surface area contributed by atoms with Crippen LogP contribution in [0.4, 0.5) is 0 Å². The lowest BCUT2D eigenvalue weighted by atomic mass is 9.55. The molecule has 0 fully saturated rings. The highest BCUT2D eigenvalue weighted by Gasteiger charge is 2.50. The van der Waals surface area contributed by atoms with Crippen molar-refractivity contribution < 1.29 is 4.42 Å². The van der Waals surface area contributed by atoms with Crippen LogP contribution in [0.3, 0.4) is 0 Å². The largest absolute Gasteiger partial charge is 0.456 e. The third-order valence-corrected chi connectivity index (χ3v) is 35.4. The molecule has 7 heterocycles. The molecule has 17 aromatic carbocycles. The first kappa shape index (κ1) is 87.7. The van der Waals surface area contributed by atoms with Crippen LogP contribution in [-0.2, 0) is 32.5 Å². The maximum absolute atomic E-state index is 6.24. The quantitative estimate of drug-likeness (QED) is 0.130. The first-order valence-corrected chi connectivity index (χ1v) is 51.2. The summed E-state index contributed by atoms with van der Waals surface area (Å²) in [7, 11) is 0. The van der Waals surface area contributed by atoms with E-state index in [9.17, 15) is 0 Å². The van der Waals surface area contributed by atoms with Gasteiger partial charge in [-0.05, 0) is 190 Å². The summed E-state index contributed by atoms with van der Waals surface area (Å²) >= 11 is 5.66. The van der Waals surface area contributed by atoms with E-state index in [-0.39, 0.29) is 32.5 Å². The van der Waals surface area contributed by atoms with E-state index < -0.39 is 0 Å². The van der Waals surface area contributed by atoms with Crippen LogP contribution in [0.1, 0.15) is 116 Å². The minimum atomic E-state index is -0.0372. The van der Waals surface area contributed by atoms with Crippen molar-refractivity contribution in [3.8, 4) is 147 Å². The van der Waals surface area contributed by atoms with Gasteiger partial charge in [0.15, 0.2) is 52.4 Å². The number of hydrogen-bond acceptors (Lipinski definition) is 13. The lowest BCUT2D eigenvalue weighted by molar-refractivity contribution is 0.299. The number of fused-ring (bicyclic) bond motifs is 22. The van der Waals surface area contributed by atoms with Crippen LogP contribution in [0, 0.1) is 0 Å². The number of nitrogens with zero attached hydrogens (tertiary/aromatic N) is 9. The van der Waals surface area contributed by atoms with Gasteiger partial charge in [-0.1, -0.05) is 380 Å². The molecule has 0 saturated heterocycles. The molecule has 0 amide bonds. The maximum Gasteiger partial charge on any atom is 0.164 e. The molecule has 27 rings (SSSR count). The molecule has 142 heavy (non-hydrogen) atoms. The summed E-state index contributed by atoms with van der Waals surface area (Å²) in [6.07, 6.45) is 0. The fourth-order valence-corrected chi connectivity index (χ4v) is 25.6. The summed E-state index contributed by atoms with van der Waals surface area (Å²) in [5.74, 6) is 5.94. The van der Waals surface area contributed by atoms with E-state index in [1.807, 2.05) is 204 Å². The first-order chi connectivity index (χ1) is 68.9. The zero-order valence-corrected chi connectivity index (χ0v) is 83.5. The van der Waals surface area contributed by atoms with E-state index in [2.05, 4.69) is 295 Å². The van der Waals surface area contributed by atoms with Gasteiger partial charge in [-0.2, -0.15) is 0 Å². The van der Waals surface area contributed by atoms with E-state index in [0.29, 0.717) is 52.4 Å². The van der Waals surface area contributed by atoms with Crippen molar-refractivity contribution in [1.29, 1.82) is 0 Å². The highest BCUT2D eigenvalue weighted by Crippen LogP contribution is 2.61. The summed E-state index contributed by atoms with van der Waals surface area (Å²) in [6.45, 7) is 28.8. The van der Waals surface area contributed by atoms with Crippen molar-refractivity contribution in [2.45, 2.75) is 116 Å². The molecular weight excluding hydrogens is 1790 g/mol. The SMILES string of the molecule is CC1(C)c2ccccc2-c2cc3c(cc2C1(C)C)sc1ccc(-c2nc(-c4ccccc4)nc(-c4cccc5oc6ccccc6c45)n2)cc13.CC1(C)c2ccccc2-c2cc3c(cc2C1(C)C)sc1ccc(-c2nc(-c4ccccc4)nc(-c4ccccc4)n2)cc13.CC1(C)c2ccccc2-c2ccc3c(sc4ccc(-c5ccc(-c6nc(-c7ccccc7)nc(-c7ccccc7)n6)cc5)cc43)c2C1(C)C. The number of thiophene rings is 3. The molecule has 684 valence electrons. The molecule has 3 aliphatic carbocycles. The summed E-state index contributed by atoms with van der Waals surface area (Å²) in [6, 6.07) is 135. The molecule has 0 unspecified atom stereocenters. The monoisotopic (exact) mass is 1890 g/mol. The van der Waals surface area contributed by atoms with Crippen molar-refractivity contribution in [2.24, 2.45) is 0 Å². The van der Waals surface area contributed by atoms with Crippen molar-refractivity contribution in [1.82, 2.24) is 44.9 Å². The highest BCUT2D eigenvalue weighted by molar-refractivity contribution is 7.26. The van der Waals surface area contributed by atoms with Gasteiger partial charge in [0, 0.05) is 127 Å². The molecule has 3 aliphatic rings. The summed E-state index contributed by atoms with van der Waals surface area (Å²) in [4.78, 5) is 44.9. The summed E-state index contributed by atoms with van der Waals surface area (Å²) in [5, 5.41) is 9.72. The second-order valence-electron chi connectivity index (χ2n) is 41.1. The van der Waals surface area contributed by atoms with Gasteiger partial charge >= 0.3 is 0 Å². The molecule has 0 aliphatic heterocycles. The molecule has 7 aromatic heterocycles. The fourth-order valence-electron chi connectivity index (χ4n) is 22.0. The number of para-hydroxylation sites is 1. The van der Waals surface area contributed by atoms with Gasteiger partial charge in [-0.3, -0.25) is 0 Å². The van der Waals surface area contributed by atoms with Gasteiger partial charge in [0.1, 0.15) is 11.2 Å². The van der Waals surface area contributed by atoms with Crippen molar-refractivity contribution in [2.75, 3.05) is 0 Å². The predicted molar refractivity (Wildman–Crippen MR) is 594 cm³/mol. The first-order valence-electron chi connectivity index (χ1n) is 48.8. The third kappa shape index (κ3) is 14.3. The number of furan rings is 1. The van der Waals surface area contributed by atoms with Gasteiger partial charge in [-0.15, -0.1) is 34.0 Å². The van der Waals surface area contributed by atoms with Crippen LogP contribution in [0.15, 0.2) is 387 Å². The Labute approximate surface area is 837 Å². The second kappa shape index (κ2) is 33.5. The van der Waals surface area contributed by atoms with Crippen LogP contribution < -0.4 is 0 Å². The minimum Gasteiger partial charge on any atom is -0.456 e. The Hall–Kier alpha value is -15.8. The van der Waals surface area contributed by atoms with Crippen LogP contribution >= 0.6 is 34.0 Å². The zero-order valence-electron chi connectivity index (χ0n) is 81.0. The number of benzene rings is 17. The van der Waals surface area contributed by atoms with E-state index in [0.717, 1.165) is 72.0 Å². The van der Waals surface area contributed by atoms with Gasteiger partial charge in [0.2, 0.25) is 0 Å². The van der Waals surface area contributed by atoms with E-state index in [1.54, 1.807) is 0 Å². The molecule has 0 atom stereocenters. The summed E-state index contributed by atoms with van der Waals surface area (Å²) in [5.41, 5.74) is 29.3. The lowest BCUT2D eigenvalue weighted by Crippen LogP contribution is -2.43. The van der Waals surface area contributed by atoms with Crippen LogP contribution in [0.5, 0.6) is 0 Å². The third-order valence-electron chi connectivity index (χ3n) is 31.9.